The topological polar surface area (TPSA) is 20.3 Å². The zero-order valence-electron chi connectivity index (χ0n) is 13.2. The molecule has 0 saturated carbocycles. The van der Waals surface area contributed by atoms with Crippen molar-refractivity contribution in [2.24, 2.45) is 0 Å². The highest BCUT2D eigenvalue weighted by molar-refractivity contribution is 9.10. The summed E-state index contributed by atoms with van der Waals surface area (Å²) in [5.74, 6) is -0.0133. The second kappa shape index (κ2) is 6.90. The molecule has 0 fully saturated rings. The summed E-state index contributed by atoms with van der Waals surface area (Å²) in [6, 6.07) is 23.9. The van der Waals surface area contributed by atoms with Gasteiger partial charge in [0.25, 0.3) is 0 Å². The van der Waals surface area contributed by atoms with Crippen LogP contribution in [0.15, 0.2) is 99.3 Å². The highest BCUT2D eigenvalue weighted by Gasteiger charge is 2.21. The van der Waals surface area contributed by atoms with E-state index >= 15 is 0 Å². The molecule has 2 nitrogen and oxygen atoms in total. The summed E-state index contributed by atoms with van der Waals surface area (Å²) in [4.78, 5) is 16.9. The Morgan fingerprint density at radius 2 is 1.40 bits per heavy atom. The Hall–Kier alpha value is -2.30. The van der Waals surface area contributed by atoms with Gasteiger partial charge in [0.2, 0.25) is 0 Å². The fourth-order valence-electron chi connectivity index (χ4n) is 2.75. The van der Waals surface area contributed by atoms with E-state index in [9.17, 15) is 4.79 Å². The predicted molar refractivity (Wildman–Crippen MR) is 107 cm³/mol. The molecule has 1 aliphatic heterocycles. The van der Waals surface area contributed by atoms with Gasteiger partial charge in [-0.3, -0.25) is 4.79 Å². The summed E-state index contributed by atoms with van der Waals surface area (Å²) in [5.41, 5.74) is 2.85. The molecule has 0 unspecified atom stereocenters. The number of nitrogens with zero attached hydrogens (tertiary/aromatic N) is 1. The molecule has 25 heavy (non-hydrogen) atoms. The molecule has 0 spiro atoms. The van der Waals surface area contributed by atoms with Gasteiger partial charge in [-0.25, -0.2) is 0 Å². The van der Waals surface area contributed by atoms with Crippen LogP contribution in [0.1, 0.15) is 10.4 Å². The van der Waals surface area contributed by atoms with Crippen molar-refractivity contribution in [1.82, 2.24) is 0 Å². The Balaban J connectivity index is 1.70. The van der Waals surface area contributed by atoms with Crippen molar-refractivity contribution in [2.45, 2.75) is 9.79 Å². The van der Waals surface area contributed by atoms with Gasteiger partial charge in [0.05, 0.1) is 11.4 Å². The molecule has 122 valence electrons. The maximum atomic E-state index is 12.5. The van der Waals surface area contributed by atoms with E-state index in [1.807, 2.05) is 54.7 Å². The molecule has 0 aromatic heterocycles. The van der Waals surface area contributed by atoms with Crippen molar-refractivity contribution in [3.8, 4) is 0 Å². The Kier molecular flexibility index (Phi) is 4.47. The van der Waals surface area contributed by atoms with Gasteiger partial charge in [0, 0.05) is 32.1 Å². The first-order valence-corrected chi connectivity index (χ1v) is 9.46. The molecule has 0 atom stereocenters. The van der Waals surface area contributed by atoms with Crippen LogP contribution < -0.4 is 4.90 Å². The SMILES string of the molecule is O=C(C=CN1c2ccccc2Sc2ccccc21)c1ccc(Br)cc1. The number of allylic oxidation sites excluding steroid dienone is 1. The number of carbonyl (C=O) groups excluding carboxylic acids is 1. The van der Waals surface area contributed by atoms with E-state index in [-0.39, 0.29) is 5.78 Å². The number of halogens is 1. The highest BCUT2D eigenvalue weighted by Crippen LogP contribution is 2.47. The third-order valence-electron chi connectivity index (χ3n) is 3.97. The summed E-state index contributed by atoms with van der Waals surface area (Å²) < 4.78 is 0.962. The van der Waals surface area contributed by atoms with Gasteiger partial charge >= 0.3 is 0 Å². The van der Waals surface area contributed by atoms with Crippen LogP contribution in [0.2, 0.25) is 0 Å². The molecule has 0 bridgehead atoms. The predicted octanol–water partition coefficient (Wildman–Crippen LogP) is 6.45. The second-order valence-electron chi connectivity index (χ2n) is 5.59. The van der Waals surface area contributed by atoms with E-state index in [0.29, 0.717) is 5.56 Å². The van der Waals surface area contributed by atoms with E-state index in [1.165, 1.54) is 9.79 Å². The van der Waals surface area contributed by atoms with Crippen molar-refractivity contribution in [1.29, 1.82) is 0 Å². The molecule has 4 heteroatoms. The van der Waals surface area contributed by atoms with Crippen molar-refractivity contribution >= 4 is 44.8 Å². The number of anilines is 2. The summed E-state index contributed by atoms with van der Waals surface area (Å²) in [7, 11) is 0. The summed E-state index contributed by atoms with van der Waals surface area (Å²) >= 11 is 5.15. The Labute approximate surface area is 159 Å². The summed E-state index contributed by atoms with van der Waals surface area (Å²) in [6.45, 7) is 0. The zero-order valence-corrected chi connectivity index (χ0v) is 15.6. The van der Waals surface area contributed by atoms with Gasteiger partial charge in [-0.1, -0.05) is 52.0 Å². The summed E-state index contributed by atoms with van der Waals surface area (Å²) in [6.07, 6.45) is 3.49. The fourth-order valence-corrected chi connectivity index (χ4v) is 4.08. The maximum Gasteiger partial charge on any atom is 0.187 e. The normalized spacial score (nSPS) is 12.8. The number of para-hydroxylation sites is 2. The first-order valence-electron chi connectivity index (χ1n) is 7.85. The molecule has 0 saturated heterocycles. The molecular weight excluding hydrogens is 394 g/mol. The van der Waals surface area contributed by atoms with Gasteiger partial charge in [-0.2, -0.15) is 0 Å². The number of carbonyl (C=O) groups is 1. The monoisotopic (exact) mass is 407 g/mol. The molecular formula is C21H14BrNOS. The minimum atomic E-state index is -0.0133. The minimum absolute atomic E-state index is 0.0133. The van der Waals surface area contributed by atoms with Crippen LogP contribution in [0.25, 0.3) is 0 Å². The van der Waals surface area contributed by atoms with E-state index in [1.54, 1.807) is 17.8 Å². The highest BCUT2D eigenvalue weighted by atomic mass is 79.9. The van der Waals surface area contributed by atoms with E-state index < -0.39 is 0 Å². The molecule has 1 aliphatic rings. The van der Waals surface area contributed by atoms with Crippen LogP contribution in [0.5, 0.6) is 0 Å². The van der Waals surface area contributed by atoms with E-state index in [0.717, 1.165) is 15.8 Å². The fraction of sp³-hybridized carbons (Fsp3) is 0. The first kappa shape index (κ1) is 16.2. The maximum absolute atomic E-state index is 12.5. The van der Waals surface area contributed by atoms with E-state index in [2.05, 4.69) is 45.1 Å². The molecule has 0 radical (unpaired) electrons. The zero-order chi connectivity index (χ0) is 17.2. The van der Waals surface area contributed by atoms with Gasteiger partial charge < -0.3 is 4.90 Å². The second-order valence-corrected chi connectivity index (χ2v) is 7.59. The van der Waals surface area contributed by atoms with Crippen LogP contribution in [-0.4, -0.2) is 5.78 Å². The lowest BCUT2D eigenvalue weighted by atomic mass is 10.1. The van der Waals surface area contributed by atoms with Crippen molar-refractivity contribution in [3.05, 3.63) is 95.1 Å². The van der Waals surface area contributed by atoms with Crippen LogP contribution in [-0.2, 0) is 0 Å². The summed E-state index contributed by atoms with van der Waals surface area (Å²) in [5, 5.41) is 0. The quantitative estimate of drug-likeness (QED) is 0.367. The van der Waals surface area contributed by atoms with Gasteiger partial charge in [-0.05, 0) is 48.5 Å². The number of benzene rings is 3. The largest absolute Gasteiger partial charge is 0.315 e. The third-order valence-corrected chi connectivity index (χ3v) is 5.63. The van der Waals surface area contributed by atoms with Crippen LogP contribution >= 0.6 is 27.7 Å². The van der Waals surface area contributed by atoms with Crippen LogP contribution in [0.3, 0.4) is 0 Å². The number of ketones is 1. The number of hydrogen-bond acceptors (Lipinski definition) is 3. The third kappa shape index (κ3) is 3.28. The van der Waals surface area contributed by atoms with E-state index in [4.69, 9.17) is 0 Å². The molecule has 1 heterocycles. The number of fused-ring (bicyclic) bond motifs is 2. The lowest BCUT2D eigenvalue weighted by Crippen LogP contribution is -2.14. The standard InChI is InChI=1S/C21H14BrNOS/c22-16-11-9-15(10-12-16)19(24)13-14-23-17-5-1-3-7-20(17)25-21-8-4-2-6-18(21)23/h1-14H. The van der Waals surface area contributed by atoms with Crippen molar-refractivity contribution in [3.63, 3.8) is 0 Å². The molecule has 3 aromatic rings. The molecule has 0 N–H and O–H groups in total. The Morgan fingerprint density at radius 1 is 0.840 bits per heavy atom. The number of rotatable bonds is 3. The average molecular weight is 408 g/mol. The minimum Gasteiger partial charge on any atom is -0.315 e. The smallest absolute Gasteiger partial charge is 0.187 e. The lowest BCUT2D eigenvalue weighted by Gasteiger charge is -2.29. The molecule has 0 amide bonds. The lowest BCUT2D eigenvalue weighted by molar-refractivity contribution is 0.104. The Bertz CT molecular complexity index is 920. The van der Waals surface area contributed by atoms with Crippen LogP contribution in [0, 0.1) is 0 Å². The molecule has 0 aliphatic carbocycles. The van der Waals surface area contributed by atoms with Crippen molar-refractivity contribution in [2.75, 3.05) is 4.90 Å². The van der Waals surface area contributed by atoms with Gasteiger partial charge in [-0.15, -0.1) is 0 Å². The number of hydrogen-bond donors (Lipinski definition) is 0. The Morgan fingerprint density at radius 3 is 2.00 bits per heavy atom. The van der Waals surface area contributed by atoms with Crippen molar-refractivity contribution < 1.29 is 4.79 Å². The van der Waals surface area contributed by atoms with Crippen LogP contribution in [0.4, 0.5) is 11.4 Å². The van der Waals surface area contributed by atoms with Gasteiger partial charge in [0.1, 0.15) is 0 Å². The molecule has 4 rings (SSSR count). The average Bonchev–Trinajstić information content (AvgIpc) is 2.65. The van der Waals surface area contributed by atoms with Gasteiger partial charge in [0.15, 0.2) is 5.78 Å². The molecule has 3 aromatic carbocycles. The first-order chi connectivity index (χ1) is 12.2.